The van der Waals surface area contributed by atoms with Gasteiger partial charge in [0.1, 0.15) is 12.1 Å². The van der Waals surface area contributed by atoms with Crippen LogP contribution in [0, 0.1) is 5.92 Å². The molecule has 3 unspecified atom stereocenters. The van der Waals surface area contributed by atoms with Crippen LogP contribution in [0.3, 0.4) is 0 Å². The van der Waals surface area contributed by atoms with Gasteiger partial charge in [0, 0.05) is 12.2 Å². The van der Waals surface area contributed by atoms with Gasteiger partial charge in [-0.15, -0.1) is 0 Å². The molecule has 0 saturated carbocycles. The van der Waals surface area contributed by atoms with Gasteiger partial charge in [0.15, 0.2) is 0 Å². The van der Waals surface area contributed by atoms with Crippen molar-refractivity contribution in [2.75, 3.05) is 12.3 Å². The van der Waals surface area contributed by atoms with E-state index in [1.54, 1.807) is 0 Å². The lowest BCUT2D eigenvalue weighted by atomic mass is 10.0. The van der Waals surface area contributed by atoms with Gasteiger partial charge in [-0.1, -0.05) is 13.8 Å². The molecule has 11 nitrogen and oxygen atoms in total. The molecule has 0 aromatic carbocycles. The van der Waals surface area contributed by atoms with Crippen LogP contribution in [0.15, 0.2) is 0 Å². The molecule has 0 heterocycles. The van der Waals surface area contributed by atoms with Gasteiger partial charge >= 0.3 is 11.9 Å². The standard InChI is InChI=1S/C16H28N4O7S/c1-8(2)5-10(16(26)27)20-15(25)11(7-28)19-12(21)6-18-14(24)9(17)3-4-13(22)23/h8-11,28H,3-7,17H2,1-2H3,(H,18,24)(H,19,21)(H,20,25)(H,22,23)(H,26,27). The van der Waals surface area contributed by atoms with Gasteiger partial charge in [-0.2, -0.15) is 12.6 Å². The van der Waals surface area contributed by atoms with E-state index in [4.69, 9.17) is 15.9 Å². The van der Waals surface area contributed by atoms with E-state index in [1.165, 1.54) is 0 Å². The first kappa shape index (κ1) is 25.7. The van der Waals surface area contributed by atoms with Crippen LogP contribution in [0.4, 0.5) is 0 Å². The molecule has 28 heavy (non-hydrogen) atoms. The van der Waals surface area contributed by atoms with Gasteiger partial charge in [-0.25, -0.2) is 4.79 Å². The highest BCUT2D eigenvalue weighted by Crippen LogP contribution is 2.05. The minimum atomic E-state index is -1.19. The molecule has 0 aliphatic heterocycles. The Hall–Kier alpha value is -2.34. The largest absolute Gasteiger partial charge is 0.481 e. The van der Waals surface area contributed by atoms with E-state index in [9.17, 15) is 24.0 Å². The molecule has 0 aliphatic carbocycles. The molecule has 0 rings (SSSR count). The zero-order valence-corrected chi connectivity index (χ0v) is 16.7. The summed E-state index contributed by atoms with van der Waals surface area (Å²) in [6.45, 7) is 3.14. The van der Waals surface area contributed by atoms with E-state index in [0.717, 1.165) is 0 Å². The Bertz CT molecular complexity index is 585. The monoisotopic (exact) mass is 420 g/mol. The van der Waals surface area contributed by atoms with Crippen molar-refractivity contribution in [3.63, 3.8) is 0 Å². The first-order valence-corrected chi connectivity index (χ1v) is 9.29. The summed E-state index contributed by atoms with van der Waals surface area (Å²) in [6.07, 6.45) is -0.153. The second kappa shape index (κ2) is 12.9. The van der Waals surface area contributed by atoms with E-state index >= 15 is 0 Å². The maximum absolute atomic E-state index is 12.2. The van der Waals surface area contributed by atoms with Crippen molar-refractivity contribution < 1.29 is 34.2 Å². The molecule has 0 saturated heterocycles. The van der Waals surface area contributed by atoms with Crippen molar-refractivity contribution >= 4 is 42.3 Å². The topological polar surface area (TPSA) is 188 Å². The fraction of sp³-hybridized carbons (Fsp3) is 0.688. The molecule has 12 heteroatoms. The molecule has 0 spiro atoms. The van der Waals surface area contributed by atoms with Crippen LogP contribution in [0.2, 0.25) is 0 Å². The number of hydrogen-bond acceptors (Lipinski definition) is 7. The van der Waals surface area contributed by atoms with E-state index in [2.05, 4.69) is 28.6 Å². The predicted molar refractivity (Wildman–Crippen MR) is 103 cm³/mol. The second-order valence-corrected chi connectivity index (χ2v) is 6.95. The quantitative estimate of drug-likeness (QED) is 0.172. The van der Waals surface area contributed by atoms with Crippen molar-refractivity contribution in [3.8, 4) is 0 Å². The summed E-state index contributed by atoms with van der Waals surface area (Å²) in [4.78, 5) is 57.5. The number of hydrogen-bond donors (Lipinski definition) is 7. The second-order valence-electron chi connectivity index (χ2n) is 6.59. The summed E-state index contributed by atoms with van der Waals surface area (Å²) in [6, 6.07) is -3.28. The number of thiol groups is 1. The highest BCUT2D eigenvalue weighted by molar-refractivity contribution is 7.80. The number of aliphatic carboxylic acids is 2. The Morgan fingerprint density at radius 3 is 2.07 bits per heavy atom. The van der Waals surface area contributed by atoms with Crippen LogP contribution in [0.1, 0.15) is 33.1 Å². The Morgan fingerprint density at radius 2 is 1.61 bits per heavy atom. The van der Waals surface area contributed by atoms with Crippen molar-refractivity contribution in [3.05, 3.63) is 0 Å². The first-order chi connectivity index (χ1) is 13.0. The molecule has 0 aromatic heterocycles. The van der Waals surface area contributed by atoms with Crippen molar-refractivity contribution in [1.29, 1.82) is 0 Å². The normalized spacial score (nSPS) is 13.9. The summed E-state index contributed by atoms with van der Waals surface area (Å²) in [5, 5.41) is 24.6. The molecular weight excluding hydrogens is 392 g/mol. The molecular formula is C16H28N4O7S. The summed E-state index contributed by atoms with van der Waals surface area (Å²) >= 11 is 3.98. The molecule has 0 aromatic rings. The number of carboxylic acids is 2. The van der Waals surface area contributed by atoms with Crippen LogP contribution >= 0.6 is 12.6 Å². The maximum atomic E-state index is 12.2. The van der Waals surface area contributed by atoms with Gasteiger partial charge < -0.3 is 31.9 Å². The first-order valence-electron chi connectivity index (χ1n) is 8.66. The summed E-state index contributed by atoms with van der Waals surface area (Å²) < 4.78 is 0. The zero-order valence-electron chi connectivity index (χ0n) is 15.8. The fourth-order valence-corrected chi connectivity index (χ4v) is 2.37. The molecule has 0 fully saturated rings. The Balaban J connectivity index is 4.57. The number of nitrogens with one attached hydrogen (secondary N) is 3. The maximum Gasteiger partial charge on any atom is 0.326 e. The van der Waals surface area contributed by atoms with Crippen LogP contribution in [0.25, 0.3) is 0 Å². The van der Waals surface area contributed by atoms with Crippen molar-refractivity contribution in [1.82, 2.24) is 16.0 Å². The van der Waals surface area contributed by atoms with Crippen LogP contribution in [0.5, 0.6) is 0 Å². The van der Waals surface area contributed by atoms with Crippen molar-refractivity contribution in [2.24, 2.45) is 11.7 Å². The average molecular weight is 420 g/mol. The third-order valence-electron chi connectivity index (χ3n) is 3.59. The fourth-order valence-electron chi connectivity index (χ4n) is 2.11. The van der Waals surface area contributed by atoms with E-state index in [-0.39, 0.29) is 30.9 Å². The Morgan fingerprint density at radius 1 is 1.00 bits per heavy atom. The Kier molecular flexibility index (Phi) is 11.9. The molecule has 0 radical (unpaired) electrons. The SMILES string of the molecule is CC(C)CC(NC(=O)C(CS)NC(=O)CNC(=O)C(N)CCC(=O)O)C(=O)O. The number of carbonyl (C=O) groups excluding carboxylic acids is 3. The van der Waals surface area contributed by atoms with E-state index in [1.807, 2.05) is 13.8 Å². The molecule has 0 bridgehead atoms. The van der Waals surface area contributed by atoms with Gasteiger partial charge in [0.25, 0.3) is 0 Å². The summed E-state index contributed by atoms with van der Waals surface area (Å²) in [5.74, 6) is -4.45. The molecule has 0 aliphatic rings. The van der Waals surface area contributed by atoms with Gasteiger partial charge in [0.05, 0.1) is 12.6 Å². The van der Waals surface area contributed by atoms with Gasteiger partial charge in [-0.3, -0.25) is 19.2 Å². The minimum absolute atomic E-state index is 0.0333. The van der Waals surface area contributed by atoms with Crippen LogP contribution in [-0.2, 0) is 24.0 Å². The molecule has 160 valence electrons. The van der Waals surface area contributed by atoms with Gasteiger partial charge in [0.2, 0.25) is 17.7 Å². The van der Waals surface area contributed by atoms with Crippen LogP contribution in [-0.4, -0.2) is 70.3 Å². The van der Waals surface area contributed by atoms with Crippen LogP contribution < -0.4 is 21.7 Å². The predicted octanol–water partition coefficient (Wildman–Crippen LogP) is -1.68. The molecule has 3 atom stereocenters. The summed E-state index contributed by atoms with van der Waals surface area (Å²) in [7, 11) is 0. The molecule has 3 amide bonds. The highest BCUT2D eigenvalue weighted by atomic mass is 32.1. The average Bonchev–Trinajstić information content (AvgIpc) is 2.60. The van der Waals surface area contributed by atoms with Gasteiger partial charge in [-0.05, 0) is 18.8 Å². The number of carboxylic acid groups (broad SMARTS) is 2. The smallest absolute Gasteiger partial charge is 0.326 e. The highest BCUT2D eigenvalue weighted by Gasteiger charge is 2.26. The van der Waals surface area contributed by atoms with E-state index < -0.39 is 54.3 Å². The lowest BCUT2D eigenvalue weighted by molar-refractivity contribution is -0.142. The third kappa shape index (κ3) is 10.7. The lowest BCUT2D eigenvalue weighted by Crippen LogP contribution is -2.54. The number of carbonyl (C=O) groups is 5. The lowest BCUT2D eigenvalue weighted by Gasteiger charge is -2.21. The molecule has 7 N–H and O–H groups in total. The number of amides is 3. The number of rotatable bonds is 13. The van der Waals surface area contributed by atoms with E-state index in [0.29, 0.717) is 0 Å². The third-order valence-corrected chi connectivity index (χ3v) is 3.95. The summed E-state index contributed by atoms with van der Waals surface area (Å²) in [5.41, 5.74) is 5.51. The number of nitrogens with two attached hydrogens (primary N) is 1. The Labute approximate surface area is 168 Å². The minimum Gasteiger partial charge on any atom is -0.481 e. The zero-order chi connectivity index (χ0) is 21.9. The van der Waals surface area contributed by atoms with Crippen molar-refractivity contribution in [2.45, 2.75) is 51.2 Å².